The van der Waals surface area contributed by atoms with E-state index < -0.39 is 5.57 Å². The Kier molecular flexibility index (Phi) is 6.21. The minimum Gasteiger partial charge on any atom is -0.420 e. The molecular weight excluding hydrogens is 508 g/mol. The fourth-order valence-electron chi connectivity index (χ4n) is 5.20. The SMILES string of the molecule is O=C(Nc1ccc(OC(F)(F)Cl)cc1)c1cnc(N2C3CCC2COC3)c(-c2cnn3c2COCC3)c1. The van der Waals surface area contributed by atoms with Gasteiger partial charge in [-0.3, -0.25) is 9.48 Å². The van der Waals surface area contributed by atoms with Crippen molar-refractivity contribution in [3.63, 3.8) is 0 Å². The second kappa shape index (κ2) is 9.55. The molecule has 9 nitrogen and oxygen atoms in total. The highest BCUT2D eigenvalue weighted by Crippen LogP contribution is 2.40. The molecule has 2 bridgehead atoms. The van der Waals surface area contributed by atoms with E-state index in [1.807, 2.05) is 10.7 Å². The zero-order valence-electron chi connectivity index (χ0n) is 19.7. The average Bonchev–Trinajstić information content (AvgIpc) is 3.41. The third kappa shape index (κ3) is 4.86. The van der Waals surface area contributed by atoms with Gasteiger partial charge in [0.25, 0.3) is 5.91 Å². The number of halogens is 3. The van der Waals surface area contributed by atoms with E-state index in [0.29, 0.717) is 44.2 Å². The first-order valence-corrected chi connectivity index (χ1v) is 12.4. The van der Waals surface area contributed by atoms with Gasteiger partial charge in [-0.25, -0.2) is 4.98 Å². The topological polar surface area (TPSA) is 90.7 Å². The van der Waals surface area contributed by atoms with E-state index >= 15 is 0 Å². The van der Waals surface area contributed by atoms with Gasteiger partial charge in [0.15, 0.2) is 0 Å². The van der Waals surface area contributed by atoms with Gasteiger partial charge in [-0.05, 0) is 43.2 Å². The van der Waals surface area contributed by atoms with E-state index in [1.54, 1.807) is 12.4 Å². The van der Waals surface area contributed by atoms with Crippen molar-refractivity contribution >= 4 is 29.0 Å². The number of aromatic nitrogens is 3. The Bertz CT molecular complexity index is 1300. The lowest BCUT2D eigenvalue weighted by atomic mass is 10.0. The van der Waals surface area contributed by atoms with E-state index in [2.05, 4.69) is 20.1 Å². The maximum absolute atomic E-state index is 13.2. The smallest absolute Gasteiger partial charge is 0.420 e. The summed E-state index contributed by atoms with van der Waals surface area (Å²) in [6.07, 6.45) is 5.41. The van der Waals surface area contributed by atoms with Crippen LogP contribution in [0.1, 0.15) is 28.9 Å². The molecule has 2 atom stereocenters. The van der Waals surface area contributed by atoms with E-state index in [9.17, 15) is 13.6 Å². The van der Waals surface area contributed by atoms with Crippen molar-refractivity contribution in [1.82, 2.24) is 14.8 Å². The zero-order chi connectivity index (χ0) is 25.6. The van der Waals surface area contributed by atoms with Gasteiger partial charge in [-0.15, -0.1) is 8.78 Å². The number of carbonyl (C=O) groups excluding carboxylic acids is 1. The maximum atomic E-state index is 13.2. The van der Waals surface area contributed by atoms with Crippen LogP contribution >= 0.6 is 11.6 Å². The second-order valence-corrected chi connectivity index (χ2v) is 9.67. The second-order valence-electron chi connectivity index (χ2n) is 9.23. The number of anilines is 2. The van der Waals surface area contributed by atoms with Gasteiger partial charge in [0, 0.05) is 34.6 Å². The number of morpholine rings is 1. The summed E-state index contributed by atoms with van der Waals surface area (Å²) in [5.41, 5.74) is -0.420. The summed E-state index contributed by atoms with van der Waals surface area (Å²) in [7, 11) is 0. The molecule has 2 fully saturated rings. The van der Waals surface area contributed by atoms with Crippen molar-refractivity contribution in [1.29, 1.82) is 0 Å². The molecule has 2 saturated heterocycles. The van der Waals surface area contributed by atoms with Gasteiger partial charge in [0.1, 0.15) is 11.6 Å². The molecule has 1 aromatic carbocycles. The maximum Gasteiger partial charge on any atom is 0.487 e. The molecule has 3 aromatic rings. The monoisotopic (exact) mass is 531 g/mol. The molecule has 1 amide bonds. The van der Waals surface area contributed by atoms with Gasteiger partial charge in [0.05, 0.1) is 62.5 Å². The van der Waals surface area contributed by atoms with Gasteiger partial charge in [-0.1, -0.05) is 0 Å². The number of hydrogen-bond acceptors (Lipinski definition) is 7. The first kappa shape index (κ1) is 24.1. The third-order valence-corrected chi connectivity index (χ3v) is 6.96. The van der Waals surface area contributed by atoms with Crippen LogP contribution in [0.3, 0.4) is 0 Å². The van der Waals surface area contributed by atoms with Crippen LogP contribution < -0.4 is 15.0 Å². The number of pyridine rings is 1. The lowest BCUT2D eigenvalue weighted by Crippen LogP contribution is -2.46. The Balaban J connectivity index is 1.32. The summed E-state index contributed by atoms with van der Waals surface area (Å²) in [5, 5.41) is 7.32. The lowest BCUT2D eigenvalue weighted by molar-refractivity contribution is -0.0964. The van der Waals surface area contributed by atoms with E-state index in [4.69, 9.17) is 26.1 Å². The van der Waals surface area contributed by atoms with E-state index in [-0.39, 0.29) is 23.7 Å². The van der Waals surface area contributed by atoms with Crippen molar-refractivity contribution in [3.8, 4) is 16.9 Å². The van der Waals surface area contributed by atoms with Gasteiger partial charge in [-0.2, -0.15) is 5.10 Å². The Morgan fingerprint density at radius 2 is 1.86 bits per heavy atom. The average molecular weight is 532 g/mol. The number of hydrogen-bond donors (Lipinski definition) is 1. The van der Waals surface area contributed by atoms with Gasteiger partial charge in [0.2, 0.25) is 0 Å². The lowest BCUT2D eigenvalue weighted by Gasteiger charge is -2.36. The summed E-state index contributed by atoms with van der Waals surface area (Å²) in [5.74, 6) is 0.288. The van der Waals surface area contributed by atoms with Crippen LogP contribution in [0.4, 0.5) is 20.3 Å². The normalized spacial score (nSPS) is 21.0. The Labute approximate surface area is 216 Å². The Morgan fingerprint density at radius 3 is 2.59 bits per heavy atom. The predicted octanol–water partition coefficient (Wildman–Crippen LogP) is 4.26. The fraction of sp³-hybridized carbons (Fsp3) is 0.400. The molecule has 37 heavy (non-hydrogen) atoms. The minimum atomic E-state index is -3.81. The molecule has 3 aliphatic rings. The number of carbonyl (C=O) groups is 1. The van der Waals surface area contributed by atoms with Crippen molar-refractivity contribution in [2.75, 3.05) is 30.0 Å². The highest BCUT2D eigenvalue weighted by molar-refractivity contribution is 6.20. The highest BCUT2D eigenvalue weighted by atomic mass is 35.5. The van der Waals surface area contributed by atoms with Crippen LogP contribution in [0.15, 0.2) is 42.7 Å². The van der Waals surface area contributed by atoms with Crippen molar-refractivity contribution in [3.05, 3.63) is 54.0 Å². The quantitative estimate of drug-likeness (QED) is 0.475. The molecule has 2 aromatic heterocycles. The molecule has 3 aliphatic heterocycles. The number of fused-ring (bicyclic) bond motifs is 3. The fourth-order valence-corrected chi connectivity index (χ4v) is 5.29. The Morgan fingerprint density at radius 1 is 1.11 bits per heavy atom. The molecule has 2 unspecified atom stereocenters. The van der Waals surface area contributed by atoms with Crippen molar-refractivity contribution in [2.45, 2.75) is 43.6 Å². The zero-order valence-corrected chi connectivity index (χ0v) is 20.5. The molecule has 12 heteroatoms. The molecule has 6 rings (SSSR count). The van der Waals surface area contributed by atoms with Crippen LogP contribution in [0, 0.1) is 0 Å². The molecule has 0 saturated carbocycles. The first-order valence-electron chi connectivity index (χ1n) is 12.0. The van der Waals surface area contributed by atoms with Crippen molar-refractivity contribution in [2.24, 2.45) is 0 Å². The first-order chi connectivity index (χ1) is 17.9. The van der Waals surface area contributed by atoms with E-state index in [0.717, 1.165) is 35.5 Å². The molecular formula is C25H24ClF2N5O4. The summed E-state index contributed by atoms with van der Waals surface area (Å²) >= 11 is 4.81. The van der Waals surface area contributed by atoms with Crippen LogP contribution in [0.25, 0.3) is 11.1 Å². The third-order valence-electron chi connectivity index (χ3n) is 6.88. The largest absolute Gasteiger partial charge is 0.487 e. The summed E-state index contributed by atoms with van der Waals surface area (Å²) in [6.45, 7) is 2.98. The molecule has 0 spiro atoms. The molecule has 1 N–H and O–H groups in total. The number of nitrogens with zero attached hydrogens (tertiary/aromatic N) is 4. The number of nitrogens with one attached hydrogen (secondary N) is 1. The summed E-state index contributed by atoms with van der Waals surface area (Å²) < 4.78 is 43.4. The van der Waals surface area contributed by atoms with Crippen LogP contribution in [0.5, 0.6) is 5.75 Å². The predicted molar refractivity (Wildman–Crippen MR) is 131 cm³/mol. The van der Waals surface area contributed by atoms with Crippen molar-refractivity contribution < 1.29 is 27.8 Å². The molecule has 0 radical (unpaired) electrons. The molecule has 0 aliphatic carbocycles. The number of rotatable bonds is 6. The minimum absolute atomic E-state index is 0.125. The number of ether oxygens (including phenoxy) is 3. The van der Waals surface area contributed by atoms with E-state index in [1.165, 1.54) is 24.3 Å². The van der Waals surface area contributed by atoms with Crippen LogP contribution in [-0.4, -0.2) is 58.1 Å². The summed E-state index contributed by atoms with van der Waals surface area (Å²) in [4.78, 5) is 20.3. The van der Waals surface area contributed by atoms with Gasteiger partial charge < -0.3 is 24.4 Å². The highest BCUT2D eigenvalue weighted by Gasteiger charge is 2.40. The number of benzene rings is 1. The van der Waals surface area contributed by atoms with Crippen LogP contribution in [-0.2, 0) is 22.6 Å². The number of alkyl halides is 3. The Hall–Kier alpha value is -3.28. The molecule has 5 heterocycles. The summed E-state index contributed by atoms with van der Waals surface area (Å²) in [6, 6.07) is 7.79. The van der Waals surface area contributed by atoms with Crippen LogP contribution in [0.2, 0.25) is 0 Å². The van der Waals surface area contributed by atoms with Gasteiger partial charge >= 0.3 is 5.57 Å². The standard InChI is InChI=1S/C25H24ClF2N5O4/c26-25(27,28)37-19-5-1-16(2-6-19)31-24(34)15-9-20(21-11-30-32-7-8-35-14-22(21)32)23(29-10-15)33-17-3-4-18(33)13-36-12-17/h1-2,5-6,9-11,17-18H,3-4,7-8,12-14H2,(H,31,34). The number of amides is 1. The molecule has 194 valence electrons.